The predicted molar refractivity (Wildman–Crippen MR) is 95.7 cm³/mol. The number of rotatable bonds is 3. The average molecular weight is 336 g/mol. The molecule has 0 atom stereocenters. The van der Waals surface area contributed by atoms with Crippen LogP contribution in [0, 0.1) is 0 Å². The molecule has 0 spiro atoms. The van der Waals surface area contributed by atoms with Gasteiger partial charge in [0.15, 0.2) is 11.5 Å². The molecule has 0 unspecified atom stereocenters. The van der Waals surface area contributed by atoms with E-state index in [-0.39, 0.29) is 6.79 Å². The quantitative estimate of drug-likeness (QED) is 0.797. The van der Waals surface area contributed by atoms with Crippen LogP contribution >= 0.6 is 0 Å². The third kappa shape index (κ3) is 2.49. The van der Waals surface area contributed by atoms with Crippen molar-refractivity contribution in [2.45, 2.75) is 19.4 Å². The molecule has 0 radical (unpaired) electrons. The van der Waals surface area contributed by atoms with Crippen LogP contribution in [0.5, 0.6) is 11.5 Å². The Bertz CT molecular complexity index is 944. The lowest BCUT2D eigenvalue weighted by atomic mass is 10.1. The van der Waals surface area contributed by atoms with Crippen molar-refractivity contribution in [1.29, 1.82) is 0 Å². The zero-order chi connectivity index (χ0) is 16.8. The Morgan fingerprint density at radius 1 is 1.04 bits per heavy atom. The van der Waals surface area contributed by atoms with Crippen molar-refractivity contribution in [3.8, 4) is 22.8 Å². The van der Waals surface area contributed by atoms with Gasteiger partial charge in [0.1, 0.15) is 5.65 Å². The van der Waals surface area contributed by atoms with E-state index in [0.717, 1.165) is 53.7 Å². The number of nitrogen functional groups attached to an aromatic ring is 1. The fourth-order valence-electron chi connectivity index (χ4n) is 3.69. The van der Waals surface area contributed by atoms with E-state index in [0.29, 0.717) is 0 Å². The molecule has 25 heavy (non-hydrogen) atoms. The van der Waals surface area contributed by atoms with Crippen molar-refractivity contribution in [2.24, 2.45) is 0 Å². The van der Waals surface area contributed by atoms with Crippen molar-refractivity contribution in [1.82, 2.24) is 14.3 Å². The van der Waals surface area contributed by atoms with E-state index in [1.54, 1.807) is 0 Å². The number of anilines is 1. The Morgan fingerprint density at radius 2 is 1.88 bits per heavy atom. The first-order valence-corrected chi connectivity index (χ1v) is 8.67. The Morgan fingerprint density at radius 3 is 2.76 bits per heavy atom. The Kier molecular flexibility index (Phi) is 3.31. The van der Waals surface area contributed by atoms with E-state index in [4.69, 9.17) is 20.2 Å². The molecule has 6 nitrogen and oxygen atoms in total. The predicted octanol–water partition coefficient (Wildman–Crippen LogP) is 2.91. The van der Waals surface area contributed by atoms with Crippen LogP contribution < -0.4 is 15.2 Å². The van der Waals surface area contributed by atoms with E-state index in [2.05, 4.69) is 9.30 Å². The number of aromatic nitrogens is 2. The van der Waals surface area contributed by atoms with Gasteiger partial charge in [-0.3, -0.25) is 4.90 Å². The number of likely N-dealkylation sites (tertiary alicyclic amines) is 1. The van der Waals surface area contributed by atoms with Crippen LogP contribution in [0.3, 0.4) is 0 Å². The second kappa shape index (κ2) is 5.67. The fraction of sp³-hybridized carbons (Fsp3) is 0.316. The third-order valence-electron chi connectivity index (χ3n) is 4.96. The first-order valence-electron chi connectivity index (χ1n) is 8.67. The molecule has 5 rings (SSSR count). The summed E-state index contributed by atoms with van der Waals surface area (Å²) in [6.07, 6.45) is 4.49. The average Bonchev–Trinajstić information content (AvgIpc) is 3.35. The standard InChI is InChI=1S/C19H20N4O2/c20-14-4-6-18-21-19(13-3-5-16-17(9-13)25-12-24-16)15(23(18)10-14)11-22-7-1-2-8-22/h3-6,9-10H,1-2,7-8,11-12,20H2. The van der Waals surface area contributed by atoms with E-state index in [1.165, 1.54) is 18.5 Å². The van der Waals surface area contributed by atoms with Gasteiger partial charge in [-0.05, 0) is 56.3 Å². The maximum Gasteiger partial charge on any atom is 0.231 e. The monoisotopic (exact) mass is 336 g/mol. The fourth-order valence-corrected chi connectivity index (χ4v) is 3.69. The summed E-state index contributed by atoms with van der Waals surface area (Å²) in [7, 11) is 0. The lowest BCUT2D eigenvalue weighted by Gasteiger charge is -2.15. The number of nitrogens with zero attached hydrogens (tertiary/aromatic N) is 3. The number of benzene rings is 1. The maximum atomic E-state index is 6.02. The zero-order valence-electron chi connectivity index (χ0n) is 13.9. The molecule has 3 aromatic rings. The van der Waals surface area contributed by atoms with Gasteiger partial charge in [-0.15, -0.1) is 0 Å². The largest absolute Gasteiger partial charge is 0.454 e. The summed E-state index contributed by atoms with van der Waals surface area (Å²) in [5, 5.41) is 0. The molecule has 2 aliphatic heterocycles. The van der Waals surface area contributed by atoms with Gasteiger partial charge in [0.25, 0.3) is 0 Å². The Balaban J connectivity index is 1.65. The Labute approximate surface area is 145 Å². The summed E-state index contributed by atoms with van der Waals surface area (Å²) in [6.45, 7) is 3.42. The summed E-state index contributed by atoms with van der Waals surface area (Å²) < 4.78 is 13.1. The van der Waals surface area contributed by atoms with Crippen LogP contribution in [0.1, 0.15) is 18.5 Å². The molecular formula is C19H20N4O2. The van der Waals surface area contributed by atoms with Crippen molar-refractivity contribution < 1.29 is 9.47 Å². The first-order chi connectivity index (χ1) is 12.3. The molecular weight excluding hydrogens is 316 g/mol. The van der Waals surface area contributed by atoms with E-state index in [9.17, 15) is 0 Å². The lowest BCUT2D eigenvalue weighted by molar-refractivity contribution is 0.174. The highest BCUT2D eigenvalue weighted by Crippen LogP contribution is 2.37. The molecule has 0 bridgehead atoms. The van der Waals surface area contributed by atoms with Gasteiger partial charge in [0.2, 0.25) is 6.79 Å². The number of imidazole rings is 1. The summed E-state index contributed by atoms with van der Waals surface area (Å²) in [4.78, 5) is 7.35. The van der Waals surface area contributed by atoms with Gasteiger partial charge in [-0.2, -0.15) is 0 Å². The first kappa shape index (κ1) is 14.6. The lowest BCUT2D eigenvalue weighted by Crippen LogP contribution is -2.20. The van der Waals surface area contributed by atoms with Gasteiger partial charge in [0, 0.05) is 24.0 Å². The van der Waals surface area contributed by atoms with Crippen LogP contribution in [0.4, 0.5) is 5.69 Å². The minimum Gasteiger partial charge on any atom is -0.454 e. The molecule has 2 N–H and O–H groups in total. The SMILES string of the molecule is Nc1ccc2nc(-c3ccc4c(c3)OCO4)c(CN3CCCC3)n2c1. The molecule has 1 aromatic carbocycles. The van der Waals surface area contributed by atoms with Crippen molar-refractivity contribution in [3.63, 3.8) is 0 Å². The summed E-state index contributed by atoms with van der Waals surface area (Å²) in [5.41, 5.74) is 10.9. The van der Waals surface area contributed by atoms with Crippen LogP contribution in [0.15, 0.2) is 36.5 Å². The van der Waals surface area contributed by atoms with Crippen LogP contribution in [0.25, 0.3) is 16.9 Å². The smallest absolute Gasteiger partial charge is 0.231 e. The van der Waals surface area contributed by atoms with Crippen molar-refractivity contribution in [3.05, 3.63) is 42.2 Å². The minimum atomic E-state index is 0.279. The van der Waals surface area contributed by atoms with E-state index in [1.807, 2.05) is 36.5 Å². The zero-order valence-corrected chi connectivity index (χ0v) is 13.9. The molecule has 2 aliphatic rings. The van der Waals surface area contributed by atoms with Crippen LogP contribution in [0.2, 0.25) is 0 Å². The van der Waals surface area contributed by atoms with Gasteiger partial charge in [-0.25, -0.2) is 4.98 Å². The highest BCUT2D eigenvalue weighted by molar-refractivity contribution is 5.70. The number of fused-ring (bicyclic) bond motifs is 2. The maximum absolute atomic E-state index is 6.02. The van der Waals surface area contributed by atoms with Gasteiger partial charge in [-0.1, -0.05) is 0 Å². The van der Waals surface area contributed by atoms with Gasteiger partial charge in [0.05, 0.1) is 11.4 Å². The van der Waals surface area contributed by atoms with Crippen LogP contribution in [-0.4, -0.2) is 34.2 Å². The number of pyridine rings is 1. The number of hydrogen-bond acceptors (Lipinski definition) is 5. The highest BCUT2D eigenvalue weighted by Gasteiger charge is 2.21. The summed E-state index contributed by atoms with van der Waals surface area (Å²) in [5.74, 6) is 1.57. The van der Waals surface area contributed by atoms with Crippen molar-refractivity contribution in [2.75, 3.05) is 25.6 Å². The molecule has 0 saturated carbocycles. The molecule has 0 aliphatic carbocycles. The van der Waals surface area contributed by atoms with E-state index >= 15 is 0 Å². The molecule has 4 heterocycles. The summed E-state index contributed by atoms with van der Waals surface area (Å²) >= 11 is 0. The Hall–Kier alpha value is -2.73. The molecule has 2 aromatic heterocycles. The third-order valence-corrected chi connectivity index (χ3v) is 4.96. The van der Waals surface area contributed by atoms with Crippen LogP contribution in [-0.2, 0) is 6.54 Å². The summed E-state index contributed by atoms with van der Waals surface area (Å²) in [6, 6.07) is 9.88. The molecule has 1 saturated heterocycles. The number of ether oxygens (including phenoxy) is 2. The second-order valence-electron chi connectivity index (χ2n) is 6.65. The van der Waals surface area contributed by atoms with Gasteiger partial charge >= 0.3 is 0 Å². The molecule has 128 valence electrons. The number of nitrogens with two attached hydrogens (primary N) is 1. The molecule has 1 fully saturated rings. The topological polar surface area (TPSA) is 65.0 Å². The van der Waals surface area contributed by atoms with E-state index < -0.39 is 0 Å². The normalized spacial score (nSPS) is 16.8. The minimum absolute atomic E-state index is 0.279. The van der Waals surface area contributed by atoms with Gasteiger partial charge < -0.3 is 19.6 Å². The highest BCUT2D eigenvalue weighted by atomic mass is 16.7. The van der Waals surface area contributed by atoms with Crippen molar-refractivity contribution >= 4 is 11.3 Å². The number of hydrogen-bond donors (Lipinski definition) is 1. The second-order valence-corrected chi connectivity index (χ2v) is 6.65. The molecule has 6 heteroatoms. The molecule has 0 amide bonds.